The average Bonchev–Trinajstić information content (AvgIpc) is 2.83. The Morgan fingerprint density at radius 1 is 1.57 bits per heavy atom. The zero-order chi connectivity index (χ0) is 15.5. The van der Waals surface area contributed by atoms with Crippen molar-refractivity contribution in [2.45, 2.75) is 32.8 Å². The molecular formula is C14H21ClN4O2. The first-order chi connectivity index (χ1) is 9.83. The Balaban J connectivity index is 1.79. The molecule has 1 N–H and O–H groups in total. The highest BCUT2D eigenvalue weighted by Gasteiger charge is 2.25. The Hall–Kier alpha value is -1.56. The van der Waals surface area contributed by atoms with Gasteiger partial charge in [-0.3, -0.25) is 0 Å². The molecule has 6 nitrogen and oxygen atoms in total. The molecule has 0 radical (unpaired) electrons. The summed E-state index contributed by atoms with van der Waals surface area (Å²) in [5, 5.41) is 3.25. The van der Waals surface area contributed by atoms with Crippen LogP contribution in [0.3, 0.4) is 0 Å². The van der Waals surface area contributed by atoms with Crippen LogP contribution in [0.15, 0.2) is 12.3 Å². The van der Waals surface area contributed by atoms with Gasteiger partial charge in [-0.05, 0) is 39.2 Å². The van der Waals surface area contributed by atoms with Crippen molar-refractivity contribution < 1.29 is 9.53 Å². The van der Waals surface area contributed by atoms with Gasteiger partial charge in [0.2, 0.25) is 5.95 Å². The number of alkyl carbamates (subject to hydrolysis) is 1. The third-order valence-corrected chi connectivity index (χ3v) is 3.32. The first kappa shape index (κ1) is 15.8. The Kier molecular flexibility index (Phi) is 4.88. The first-order valence-corrected chi connectivity index (χ1v) is 7.41. The lowest BCUT2D eigenvalue weighted by atomic mass is 10.1. The normalized spacial score (nSPS) is 18.7. The van der Waals surface area contributed by atoms with Crippen LogP contribution in [-0.2, 0) is 4.74 Å². The van der Waals surface area contributed by atoms with E-state index in [9.17, 15) is 4.79 Å². The molecule has 1 aromatic heterocycles. The Bertz CT molecular complexity index is 504. The fourth-order valence-electron chi connectivity index (χ4n) is 2.20. The monoisotopic (exact) mass is 312 g/mol. The molecule has 116 valence electrons. The van der Waals surface area contributed by atoms with Crippen LogP contribution < -0.4 is 10.2 Å². The molecule has 2 rings (SSSR count). The summed E-state index contributed by atoms with van der Waals surface area (Å²) in [6.45, 7) is 7.80. The number of amides is 1. The average molecular weight is 313 g/mol. The third-order valence-electron chi connectivity index (χ3n) is 3.11. The maximum atomic E-state index is 11.6. The summed E-state index contributed by atoms with van der Waals surface area (Å²) in [5.41, 5.74) is -0.472. The van der Waals surface area contributed by atoms with Crippen LogP contribution in [0.25, 0.3) is 0 Å². The van der Waals surface area contributed by atoms with Gasteiger partial charge in [0, 0.05) is 25.8 Å². The van der Waals surface area contributed by atoms with E-state index in [4.69, 9.17) is 16.3 Å². The molecule has 0 spiro atoms. The highest BCUT2D eigenvalue weighted by molar-refractivity contribution is 6.29. The molecule has 1 aromatic rings. The van der Waals surface area contributed by atoms with Gasteiger partial charge >= 0.3 is 6.09 Å². The van der Waals surface area contributed by atoms with Crippen LogP contribution in [0.1, 0.15) is 27.2 Å². The van der Waals surface area contributed by atoms with E-state index in [2.05, 4.69) is 20.2 Å². The SMILES string of the molecule is CC(C)(C)OC(=O)NCC1CCN(c2nccc(Cl)n2)C1. The summed E-state index contributed by atoms with van der Waals surface area (Å²) in [6.07, 6.45) is 2.25. The zero-order valence-corrected chi connectivity index (χ0v) is 13.4. The number of halogens is 1. The summed E-state index contributed by atoms with van der Waals surface area (Å²) in [5.74, 6) is 1.00. The molecule has 0 bridgehead atoms. The smallest absolute Gasteiger partial charge is 0.407 e. The maximum absolute atomic E-state index is 11.6. The summed E-state index contributed by atoms with van der Waals surface area (Å²) >= 11 is 5.87. The van der Waals surface area contributed by atoms with E-state index in [0.29, 0.717) is 23.6 Å². The summed E-state index contributed by atoms with van der Waals surface area (Å²) in [4.78, 5) is 22.1. The minimum Gasteiger partial charge on any atom is -0.444 e. The number of carbonyl (C=O) groups excluding carboxylic acids is 1. The molecule has 21 heavy (non-hydrogen) atoms. The van der Waals surface area contributed by atoms with Gasteiger partial charge in [0.1, 0.15) is 10.8 Å². The quantitative estimate of drug-likeness (QED) is 0.869. The van der Waals surface area contributed by atoms with Crippen molar-refractivity contribution in [3.05, 3.63) is 17.4 Å². The van der Waals surface area contributed by atoms with Crippen LogP contribution in [0.2, 0.25) is 5.15 Å². The molecule has 1 aliphatic rings. The minimum absolute atomic E-state index is 0.361. The summed E-state index contributed by atoms with van der Waals surface area (Å²) < 4.78 is 5.22. The summed E-state index contributed by atoms with van der Waals surface area (Å²) in [6, 6.07) is 1.66. The molecule has 0 aromatic carbocycles. The summed E-state index contributed by atoms with van der Waals surface area (Å²) in [7, 11) is 0. The molecule has 1 fully saturated rings. The molecule has 1 atom stereocenters. The van der Waals surface area contributed by atoms with E-state index >= 15 is 0 Å². The first-order valence-electron chi connectivity index (χ1n) is 7.04. The van der Waals surface area contributed by atoms with E-state index in [0.717, 1.165) is 19.5 Å². The minimum atomic E-state index is -0.472. The van der Waals surface area contributed by atoms with Gasteiger partial charge in [0.05, 0.1) is 0 Å². The molecule has 1 aliphatic heterocycles. The van der Waals surface area contributed by atoms with E-state index in [1.165, 1.54) is 0 Å². The van der Waals surface area contributed by atoms with Crippen LogP contribution in [0.4, 0.5) is 10.7 Å². The second-order valence-electron chi connectivity index (χ2n) is 6.16. The van der Waals surface area contributed by atoms with E-state index in [1.54, 1.807) is 12.3 Å². The number of carbonyl (C=O) groups is 1. The lowest BCUT2D eigenvalue weighted by molar-refractivity contribution is 0.0520. The van der Waals surface area contributed by atoms with Gasteiger partial charge in [0.25, 0.3) is 0 Å². The molecule has 1 amide bonds. The number of anilines is 1. The highest BCUT2D eigenvalue weighted by atomic mass is 35.5. The number of nitrogens with one attached hydrogen (secondary N) is 1. The fourth-order valence-corrected chi connectivity index (χ4v) is 2.33. The third kappa shape index (κ3) is 5.04. The predicted molar refractivity (Wildman–Crippen MR) is 81.6 cm³/mol. The molecule has 1 unspecified atom stereocenters. The van der Waals surface area contributed by atoms with Gasteiger partial charge in [0.15, 0.2) is 0 Å². The second-order valence-corrected chi connectivity index (χ2v) is 6.55. The van der Waals surface area contributed by atoms with Crippen molar-refractivity contribution in [1.82, 2.24) is 15.3 Å². The van der Waals surface area contributed by atoms with Gasteiger partial charge < -0.3 is 15.0 Å². The number of rotatable bonds is 3. The molecule has 7 heteroatoms. The lowest BCUT2D eigenvalue weighted by Crippen LogP contribution is -2.36. The van der Waals surface area contributed by atoms with Crippen molar-refractivity contribution in [1.29, 1.82) is 0 Å². The van der Waals surface area contributed by atoms with Crippen molar-refractivity contribution in [3.63, 3.8) is 0 Å². The van der Waals surface area contributed by atoms with Gasteiger partial charge in [-0.15, -0.1) is 0 Å². The number of hydrogen-bond acceptors (Lipinski definition) is 5. The van der Waals surface area contributed by atoms with Gasteiger partial charge in [-0.1, -0.05) is 11.6 Å². The van der Waals surface area contributed by atoms with Crippen molar-refractivity contribution in [2.24, 2.45) is 5.92 Å². The van der Waals surface area contributed by atoms with Gasteiger partial charge in [-0.25, -0.2) is 14.8 Å². The van der Waals surface area contributed by atoms with Crippen LogP contribution >= 0.6 is 11.6 Å². The predicted octanol–water partition coefficient (Wildman–Crippen LogP) is 2.48. The molecular weight excluding hydrogens is 292 g/mol. The fraction of sp³-hybridized carbons (Fsp3) is 0.643. The van der Waals surface area contributed by atoms with E-state index in [1.807, 2.05) is 20.8 Å². The van der Waals surface area contributed by atoms with E-state index < -0.39 is 5.60 Å². The standard InChI is InChI=1S/C14H21ClN4O2/c1-14(2,3)21-13(20)17-8-10-5-7-19(9-10)12-16-6-4-11(15)18-12/h4,6,10H,5,7-9H2,1-3H3,(H,17,20). The Morgan fingerprint density at radius 3 is 3.00 bits per heavy atom. The molecule has 0 saturated carbocycles. The zero-order valence-electron chi connectivity index (χ0n) is 12.6. The second kappa shape index (κ2) is 6.47. The topological polar surface area (TPSA) is 67.3 Å². The number of nitrogens with zero attached hydrogens (tertiary/aromatic N) is 3. The van der Waals surface area contributed by atoms with Crippen molar-refractivity contribution in [3.8, 4) is 0 Å². The van der Waals surface area contributed by atoms with Crippen molar-refractivity contribution in [2.75, 3.05) is 24.5 Å². The molecule has 0 aliphatic carbocycles. The van der Waals surface area contributed by atoms with E-state index in [-0.39, 0.29) is 6.09 Å². The van der Waals surface area contributed by atoms with Gasteiger partial charge in [-0.2, -0.15) is 0 Å². The molecule has 1 saturated heterocycles. The van der Waals surface area contributed by atoms with Crippen molar-refractivity contribution >= 4 is 23.6 Å². The Labute approximate surface area is 129 Å². The van der Waals surface area contributed by atoms with Crippen LogP contribution in [0.5, 0.6) is 0 Å². The highest BCUT2D eigenvalue weighted by Crippen LogP contribution is 2.21. The number of hydrogen-bond donors (Lipinski definition) is 1. The largest absolute Gasteiger partial charge is 0.444 e. The molecule has 2 heterocycles. The number of aromatic nitrogens is 2. The maximum Gasteiger partial charge on any atom is 0.407 e. The Morgan fingerprint density at radius 2 is 2.33 bits per heavy atom. The van der Waals surface area contributed by atoms with Crippen LogP contribution in [-0.4, -0.2) is 41.3 Å². The van der Waals surface area contributed by atoms with Crippen LogP contribution in [0, 0.1) is 5.92 Å². The lowest BCUT2D eigenvalue weighted by Gasteiger charge is -2.21. The number of ether oxygens (including phenoxy) is 1.